The van der Waals surface area contributed by atoms with Gasteiger partial charge in [-0.15, -0.1) is 12.3 Å². The molecule has 0 saturated carbocycles. The molecule has 0 aliphatic rings. The summed E-state index contributed by atoms with van der Waals surface area (Å²) in [7, 11) is 0. The largest absolute Gasteiger partial charge is 0.491 e. The van der Waals surface area contributed by atoms with Gasteiger partial charge < -0.3 is 4.74 Å². The zero-order valence-corrected chi connectivity index (χ0v) is 7.03. The number of terminal acetylenes is 1. The van der Waals surface area contributed by atoms with Crippen molar-refractivity contribution in [2.75, 3.05) is 6.61 Å². The second-order valence-electron chi connectivity index (χ2n) is 2.29. The number of aromatic nitrogens is 1. The Morgan fingerprint density at radius 3 is 2.92 bits per heavy atom. The van der Waals surface area contributed by atoms with Gasteiger partial charge >= 0.3 is 0 Å². The summed E-state index contributed by atoms with van der Waals surface area (Å²) in [4.78, 5) is 3.84. The first-order valence-electron chi connectivity index (χ1n) is 3.79. The fourth-order valence-electron chi connectivity index (χ4n) is 0.760. The summed E-state index contributed by atoms with van der Waals surface area (Å²) < 4.78 is 5.23. The molecule has 0 unspecified atom stereocenters. The highest BCUT2D eigenvalue weighted by Gasteiger charge is 1.94. The van der Waals surface area contributed by atoms with Gasteiger partial charge in [0.15, 0.2) is 0 Å². The van der Waals surface area contributed by atoms with E-state index in [4.69, 9.17) is 16.4 Å². The maximum Gasteiger partial charge on any atom is 0.140 e. The van der Waals surface area contributed by atoms with Gasteiger partial charge in [0.2, 0.25) is 0 Å². The lowest BCUT2D eigenvalue weighted by atomic mass is 10.3. The van der Waals surface area contributed by atoms with Crippen LogP contribution >= 0.6 is 0 Å². The molecule has 0 aromatic carbocycles. The standard InChI is InChI=1S/C10H8N2O/c1-2-3-6-13-10-5-4-9(7-11)12-8-10/h1,4-5,8H,3,6H2. The van der Waals surface area contributed by atoms with Gasteiger partial charge in [-0.2, -0.15) is 5.26 Å². The fraction of sp³-hybridized carbons (Fsp3) is 0.200. The molecule has 3 nitrogen and oxygen atoms in total. The zero-order valence-electron chi connectivity index (χ0n) is 7.03. The Hall–Kier alpha value is -2.00. The van der Waals surface area contributed by atoms with E-state index in [0.717, 1.165) is 0 Å². The molecule has 0 bridgehead atoms. The van der Waals surface area contributed by atoms with E-state index in [-0.39, 0.29) is 0 Å². The average Bonchev–Trinajstić information content (AvgIpc) is 2.19. The molecule has 1 rings (SSSR count). The van der Waals surface area contributed by atoms with Gasteiger partial charge in [0.1, 0.15) is 17.5 Å². The molecule has 3 heteroatoms. The molecule has 0 atom stereocenters. The maximum absolute atomic E-state index is 8.46. The molecule has 0 aliphatic heterocycles. The van der Waals surface area contributed by atoms with Gasteiger partial charge in [0, 0.05) is 6.42 Å². The fourth-order valence-corrected chi connectivity index (χ4v) is 0.760. The van der Waals surface area contributed by atoms with Crippen LogP contribution in [0.1, 0.15) is 12.1 Å². The summed E-state index contributed by atoms with van der Waals surface area (Å²) >= 11 is 0. The molecule has 0 saturated heterocycles. The molecule has 13 heavy (non-hydrogen) atoms. The van der Waals surface area contributed by atoms with E-state index >= 15 is 0 Å². The highest BCUT2D eigenvalue weighted by atomic mass is 16.5. The monoisotopic (exact) mass is 172 g/mol. The highest BCUT2D eigenvalue weighted by molar-refractivity contribution is 5.26. The lowest BCUT2D eigenvalue weighted by Crippen LogP contribution is -1.96. The van der Waals surface area contributed by atoms with Gasteiger partial charge in [0.25, 0.3) is 0 Å². The summed E-state index contributed by atoms with van der Waals surface area (Å²) in [5, 5.41) is 8.46. The van der Waals surface area contributed by atoms with Crippen molar-refractivity contribution < 1.29 is 4.74 Å². The first-order chi connectivity index (χ1) is 6.36. The summed E-state index contributed by atoms with van der Waals surface area (Å²) in [6.45, 7) is 0.476. The number of nitriles is 1. The van der Waals surface area contributed by atoms with Crippen molar-refractivity contribution in [3.8, 4) is 24.2 Å². The molecule has 1 aromatic heterocycles. The Morgan fingerprint density at radius 2 is 2.38 bits per heavy atom. The quantitative estimate of drug-likeness (QED) is 0.510. The minimum atomic E-state index is 0.379. The number of hydrogen-bond acceptors (Lipinski definition) is 3. The van der Waals surface area contributed by atoms with Gasteiger partial charge in [-0.05, 0) is 12.1 Å². The molecule has 0 aliphatic carbocycles. The third-order valence-electron chi connectivity index (χ3n) is 1.37. The van der Waals surface area contributed by atoms with E-state index < -0.39 is 0 Å². The molecule has 0 amide bonds. The smallest absolute Gasteiger partial charge is 0.140 e. The topological polar surface area (TPSA) is 45.9 Å². The summed E-state index contributed by atoms with van der Waals surface area (Å²) in [6, 6.07) is 5.22. The Balaban J connectivity index is 2.52. The lowest BCUT2D eigenvalue weighted by Gasteiger charge is -2.01. The second-order valence-corrected chi connectivity index (χ2v) is 2.29. The third kappa shape index (κ3) is 2.84. The number of pyridine rings is 1. The van der Waals surface area contributed by atoms with Crippen LogP contribution in [0.15, 0.2) is 18.3 Å². The van der Waals surface area contributed by atoms with Crippen molar-refractivity contribution in [3.05, 3.63) is 24.0 Å². The Labute approximate surface area is 77.0 Å². The predicted molar refractivity (Wildman–Crippen MR) is 47.9 cm³/mol. The van der Waals surface area contributed by atoms with Crippen LogP contribution in [0.4, 0.5) is 0 Å². The van der Waals surface area contributed by atoms with Crippen LogP contribution in [0, 0.1) is 23.7 Å². The van der Waals surface area contributed by atoms with Crippen LogP contribution in [-0.2, 0) is 0 Å². The first-order valence-corrected chi connectivity index (χ1v) is 3.79. The van der Waals surface area contributed by atoms with Crippen molar-refractivity contribution >= 4 is 0 Å². The van der Waals surface area contributed by atoms with Crippen LogP contribution in [0.5, 0.6) is 5.75 Å². The molecule has 0 N–H and O–H groups in total. The average molecular weight is 172 g/mol. The molecule has 0 fully saturated rings. The maximum atomic E-state index is 8.46. The second kappa shape index (κ2) is 4.79. The molecule has 1 aromatic rings. The van der Waals surface area contributed by atoms with Gasteiger partial charge in [-0.25, -0.2) is 4.98 Å². The van der Waals surface area contributed by atoms with E-state index in [1.165, 1.54) is 6.20 Å². The summed E-state index contributed by atoms with van der Waals surface area (Å²) in [5.41, 5.74) is 0.379. The van der Waals surface area contributed by atoms with Gasteiger partial charge in [-0.3, -0.25) is 0 Å². The predicted octanol–water partition coefficient (Wildman–Crippen LogP) is 1.36. The lowest BCUT2D eigenvalue weighted by molar-refractivity contribution is 0.326. The minimum absolute atomic E-state index is 0.379. The van der Waals surface area contributed by atoms with Crippen LogP contribution in [-0.4, -0.2) is 11.6 Å². The van der Waals surface area contributed by atoms with E-state index in [2.05, 4.69) is 10.9 Å². The Bertz CT molecular complexity index is 343. The first kappa shape index (κ1) is 9.09. The van der Waals surface area contributed by atoms with Crippen molar-refractivity contribution in [1.82, 2.24) is 4.98 Å². The van der Waals surface area contributed by atoms with Gasteiger partial charge in [-0.1, -0.05) is 0 Å². The van der Waals surface area contributed by atoms with E-state index in [1.54, 1.807) is 12.1 Å². The molecule has 1 heterocycles. The van der Waals surface area contributed by atoms with E-state index in [9.17, 15) is 0 Å². The van der Waals surface area contributed by atoms with Gasteiger partial charge in [0.05, 0.1) is 12.8 Å². The Kier molecular flexibility index (Phi) is 3.35. The summed E-state index contributed by atoms with van der Waals surface area (Å²) in [5.74, 6) is 3.10. The molecule has 64 valence electrons. The van der Waals surface area contributed by atoms with E-state index in [1.807, 2.05) is 6.07 Å². The number of ether oxygens (including phenoxy) is 1. The molecular formula is C10H8N2O. The number of rotatable bonds is 3. The number of nitrogens with zero attached hydrogens (tertiary/aromatic N) is 2. The summed E-state index contributed by atoms with van der Waals surface area (Å²) in [6.07, 6.45) is 7.13. The molecule has 0 radical (unpaired) electrons. The number of hydrogen-bond donors (Lipinski definition) is 0. The molecular weight excluding hydrogens is 164 g/mol. The zero-order chi connectivity index (χ0) is 9.52. The van der Waals surface area contributed by atoms with Crippen LogP contribution < -0.4 is 4.74 Å². The molecule has 0 spiro atoms. The van der Waals surface area contributed by atoms with Crippen LogP contribution in [0.25, 0.3) is 0 Å². The third-order valence-corrected chi connectivity index (χ3v) is 1.37. The van der Waals surface area contributed by atoms with Crippen LogP contribution in [0.3, 0.4) is 0 Å². The van der Waals surface area contributed by atoms with Crippen LogP contribution in [0.2, 0.25) is 0 Å². The van der Waals surface area contributed by atoms with Crippen molar-refractivity contribution in [3.63, 3.8) is 0 Å². The van der Waals surface area contributed by atoms with Crippen molar-refractivity contribution in [1.29, 1.82) is 5.26 Å². The minimum Gasteiger partial charge on any atom is -0.491 e. The van der Waals surface area contributed by atoms with Crippen molar-refractivity contribution in [2.24, 2.45) is 0 Å². The SMILES string of the molecule is C#CCCOc1ccc(C#N)nc1. The van der Waals surface area contributed by atoms with E-state index in [0.29, 0.717) is 24.5 Å². The Morgan fingerprint density at radius 1 is 1.54 bits per heavy atom. The van der Waals surface area contributed by atoms with Crippen molar-refractivity contribution in [2.45, 2.75) is 6.42 Å². The normalized spacial score (nSPS) is 8.46. The highest BCUT2D eigenvalue weighted by Crippen LogP contribution is 2.08.